The molecule has 1 aromatic rings. The molecule has 0 heterocycles. The summed E-state index contributed by atoms with van der Waals surface area (Å²) in [7, 11) is 0. The number of aliphatic hydroxyl groups is 1. The van der Waals surface area contributed by atoms with E-state index in [0.29, 0.717) is 12.0 Å². The summed E-state index contributed by atoms with van der Waals surface area (Å²) >= 11 is 3.43. The van der Waals surface area contributed by atoms with Gasteiger partial charge >= 0.3 is 0 Å². The maximum absolute atomic E-state index is 10.1. The van der Waals surface area contributed by atoms with Gasteiger partial charge in [-0.05, 0) is 42.4 Å². The third-order valence-electron chi connectivity index (χ3n) is 3.81. The zero-order valence-electron chi connectivity index (χ0n) is 11.0. The first-order chi connectivity index (χ1) is 8.65. The van der Waals surface area contributed by atoms with Gasteiger partial charge in [0.05, 0.1) is 6.10 Å². The fraction of sp³-hybridized carbons (Fsp3) is 0.600. The van der Waals surface area contributed by atoms with Crippen molar-refractivity contribution in [3.8, 4) is 0 Å². The molecule has 1 unspecified atom stereocenters. The molecule has 0 bridgehead atoms. The number of halogens is 1. The zero-order valence-corrected chi connectivity index (χ0v) is 12.5. The molecule has 2 nitrogen and oxygen atoms in total. The Bertz CT molecular complexity index is 390. The largest absolute Gasteiger partial charge is 0.387 e. The number of hydrogen-bond donors (Lipinski definition) is 2. The van der Waals surface area contributed by atoms with Crippen molar-refractivity contribution in [2.45, 2.75) is 38.7 Å². The third-order valence-corrected chi connectivity index (χ3v) is 4.30. The molecule has 0 radical (unpaired) electrons. The van der Waals surface area contributed by atoms with E-state index >= 15 is 0 Å². The molecule has 0 aliphatic heterocycles. The second kappa shape index (κ2) is 6.18. The lowest BCUT2D eigenvalue weighted by Crippen LogP contribution is -2.28. The average molecular weight is 312 g/mol. The standard InChI is InChI=1S/C15H22BrNO/c1-2-6-15(7-8-15)11-17-10-14(18)12-4-3-5-13(16)9-12/h3-5,9,14,17-18H,2,6-8,10-11H2,1H3. The normalized spacial score (nSPS) is 18.6. The average Bonchev–Trinajstić information content (AvgIpc) is 3.09. The van der Waals surface area contributed by atoms with Gasteiger partial charge in [-0.3, -0.25) is 0 Å². The molecule has 100 valence electrons. The summed E-state index contributed by atoms with van der Waals surface area (Å²) < 4.78 is 1.02. The Morgan fingerprint density at radius 3 is 2.83 bits per heavy atom. The highest BCUT2D eigenvalue weighted by atomic mass is 79.9. The van der Waals surface area contributed by atoms with Crippen LogP contribution in [-0.4, -0.2) is 18.2 Å². The van der Waals surface area contributed by atoms with Crippen LogP contribution in [0.5, 0.6) is 0 Å². The Morgan fingerprint density at radius 1 is 1.44 bits per heavy atom. The number of hydrogen-bond acceptors (Lipinski definition) is 2. The summed E-state index contributed by atoms with van der Waals surface area (Å²) in [5.74, 6) is 0. The van der Waals surface area contributed by atoms with Crippen molar-refractivity contribution >= 4 is 15.9 Å². The maximum atomic E-state index is 10.1. The first-order valence-corrected chi connectivity index (χ1v) is 7.59. The van der Waals surface area contributed by atoms with E-state index in [-0.39, 0.29) is 0 Å². The number of rotatable bonds is 7. The Labute approximate surface area is 118 Å². The fourth-order valence-electron chi connectivity index (χ4n) is 2.53. The minimum absolute atomic E-state index is 0.417. The van der Waals surface area contributed by atoms with E-state index in [2.05, 4.69) is 28.2 Å². The van der Waals surface area contributed by atoms with Gasteiger partial charge in [0, 0.05) is 17.6 Å². The van der Waals surface area contributed by atoms with Gasteiger partial charge in [-0.1, -0.05) is 41.4 Å². The van der Waals surface area contributed by atoms with E-state index in [1.807, 2.05) is 24.3 Å². The highest BCUT2D eigenvalue weighted by Gasteiger charge is 2.40. The second-order valence-corrected chi connectivity index (χ2v) is 6.37. The van der Waals surface area contributed by atoms with E-state index in [4.69, 9.17) is 0 Å². The van der Waals surface area contributed by atoms with Gasteiger partial charge in [0.15, 0.2) is 0 Å². The fourth-order valence-corrected chi connectivity index (χ4v) is 2.94. The van der Waals surface area contributed by atoms with Crippen molar-refractivity contribution < 1.29 is 5.11 Å². The smallest absolute Gasteiger partial charge is 0.0914 e. The Hall–Kier alpha value is -0.380. The molecule has 18 heavy (non-hydrogen) atoms. The summed E-state index contributed by atoms with van der Waals surface area (Å²) in [6.07, 6.45) is 4.85. The van der Waals surface area contributed by atoms with Crippen molar-refractivity contribution in [2.24, 2.45) is 5.41 Å². The molecular weight excluding hydrogens is 290 g/mol. The summed E-state index contributed by atoms with van der Waals surface area (Å²) in [6.45, 7) is 3.93. The third kappa shape index (κ3) is 3.81. The number of aliphatic hydroxyl groups excluding tert-OH is 1. The van der Waals surface area contributed by atoms with Crippen LogP contribution in [0.25, 0.3) is 0 Å². The zero-order chi connectivity index (χ0) is 13.0. The molecule has 0 amide bonds. The summed E-state index contributed by atoms with van der Waals surface area (Å²) in [5.41, 5.74) is 1.52. The molecule has 1 fully saturated rings. The van der Waals surface area contributed by atoms with E-state index < -0.39 is 6.10 Å². The molecule has 1 aliphatic carbocycles. The van der Waals surface area contributed by atoms with Gasteiger partial charge in [0.2, 0.25) is 0 Å². The van der Waals surface area contributed by atoms with Crippen LogP contribution >= 0.6 is 15.9 Å². The highest BCUT2D eigenvalue weighted by molar-refractivity contribution is 9.10. The number of nitrogens with one attached hydrogen (secondary N) is 1. The van der Waals surface area contributed by atoms with Gasteiger partial charge in [-0.2, -0.15) is 0 Å². The van der Waals surface area contributed by atoms with E-state index in [9.17, 15) is 5.11 Å². The first-order valence-electron chi connectivity index (χ1n) is 6.79. The predicted molar refractivity (Wildman–Crippen MR) is 78.5 cm³/mol. The molecule has 2 rings (SSSR count). The molecule has 1 aromatic carbocycles. The molecule has 1 saturated carbocycles. The van der Waals surface area contributed by atoms with Crippen molar-refractivity contribution in [3.05, 3.63) is 34.3 Å². The molecule has 3 heteroatoms. The summed E-state index contributed by atoms with van der Waals surface area (Å²) in [4.78, 5) is 0. The van der Waals surface area contributed by atoms with Crippen LogP contribution < -0.4 is 5.32 Å². The van der Waals surface area contributed by atoms with Crippen LogP contribution in [-0.2, 0) is 0 Å². The second-order valence-electron chi connectivity index (χ2n) is 5.45. The maximum Gasteiger partial charge on any atom is 0.0914 e. The van der Waals surface area contributed by atoms with Crippen molar-refractivity contribution in [2.75, 3.05) is 13.1 Å². The topological polar surface area (TPSA) is 32.3 Å². The molecule has 0 aromatic heterocycles. The quantitative estimate of drug-likeness (QED) is 0.805. The minimum Gasteiger partial charge on any atom is -0.387 e. The van der Waals surface area contributed by atoms with Gasteiger partial charge < -0.3 is 10.4 Å². The summed E-state index contributed by atoms with van der Waals surface area (Å²) in [6, 6.07) is 7.88. The van der Waals surface area contributed by atoms with Crippen molar-refractivity contribution in [1.82, 2.24) is 5.32 Å². The van der Waals surface area contributed by atoms with E-state index in [1.165, 1.54) is 25.7 Å². The lowest BCUT2D eigenvalue weighted by atomic mass is 10.0. The first kappa shape index (κ1) is 14.0. The number of benzene rings is 1. The lowest BCUT2D eigenvalue weighted by molar-refractivity contribution is 0.171. The van der Waals surface area contributed by atoms with Gasteiger partial charge in [0.25, 0.3) is 0 Å². The SMILES string of the molecule is CCCC1(CNCC(O)c2cccc(Br)c2)CC1. The van der Waals surface area contributed by atoms with E-state index in [0.717, 1.165) is 16.6 Å². The van der Waals surface area contributed by atoms with Crippen LogP contribution in [0.4, 0.5) is 0 Å². The predicted octanol–water partition coefficient (Wildman–Crippen LogP) is 3.65. The van der Waals surface area contributed by atoms with Crippen LogP contribution in [0, 0.1) is 5.41 Å². The highest BCUT2D eigenvalue weighted by Crippen LogP contribution is 2.48. The summed E-state index contributed by atoms with van der Waals surface area (Å²) in [5, 5.41) is 13.5. The molecule has 1 aliphatic rings. The molecule has 0 saturated heterocycles. The van der Waals surface area contributed by atoms with Gasteiger partial charge in [0.1, 0.15) is 0 Å². The van der Waals surface area contributed by atoms with Crippen molar-refractivity contribution in [3.63, 3.8) is 0 Å². The minimum atomic E-state index is -0.417. The molecule has 0 spiro atoms. The molecule has 1 atom stereocenters. The Kier molecular flexibility index (Phi) is 4.82. The van der Waals surface area contributed by atoms with Crippen LogP contribution in [0.3, 0.4) is 0 Å². The lowest BCUT2D eigenvalue weighted by Gasteiger charge is -2.17. The van der Waals surface area contributed by atoms with E-state index in [1.54, 1.807) is 0 Å². The van der Waals surface area contributed by atoms with Crippen LogP contribution in [0.15, 0.2) is 28.7 Å². The Balaban J connectivity index is 1.77. The monoisotopic (exact) mass is 311 g/mol. The molecular formula is C15H22BrNO. The van der Waals surface area contributed by atoms with Crippen LogP contribution in [0.1, 0.15) is 44.3 Å². The molecule has 2 N–H and O–H groups in total. The van der Waals surface area contributed by atoms with Gasteiger partial charge in [-0.15, -0.1) is 0 Å². The van der Waals surface area contributed by atoms with Crippen molar-refractivity contribution in [1.29, 1.82) is 0 Å². The van der Waals surface area contributed by atoms with Crippen LogP contribution in [0.2, 0.25) is 0 Å². The van der Waals surface area contributed by atoms with Gasteiger partial charge in [-0.25, -0.2) is 0 Å². The Morgan fingerprint density at radius 2 is 2.22 bits per heavy atom.